The van der Waals surface area contributed by atoms with Gasteiger partial charge in [0, 0.05) is 35.7 Å². The number of nitrogens with one attached hydrogen (secondary N) is 1. The molecular formula is C30H40N2O6S. The van der Waals surface area contributed by atoms with E-state index in [-0.39, 0.29) is 24.2 Å². The molecule has 39 heavy (non-hydrogen) atoms. The third kappa shape index (κ3) is 7.08. The van der Waals surface area contributed by atoms with Crippen LogP contribution >= 0.6 is 11.9 Å². The maximum Gasteiger partial charge on any atom is 0.407 e. The number of methoxy groups -OCH3 is 1. The van der Waals surface area contributed by atoms with Crippen molar-refractivity contribution in [1.29, 1.82) is 0 Å². The standard InChI is InChI=1S/C30H40N2O6S/c1-19(2)15-32(39-23-11-9-22(35-3)10-12-23)16-27(33)26(13-20-7-5-4-6-8-20)31-30(34)38-28-21-14-24-25(28)18-37-29(24)36-17-21/h4-12,19,21,24-29,33H,13-18H2,1-3H3,(H,31,34)/t21?,24?,25?,26?,27-,28?,29?/m1/s1. The molecule has 6 unspecified atom stereocenters. The van der Waals surface area contributed by atoms with E-state index in [2.05, 4.69) is 23.5 Å². The fourth-order valence-corrected chi connectivity index (χ4v) is 7.14. The van der Waals surface area contributed by atoms with Crippen LogP contribution in [0.3, 0.4) is 0 Å². The molecule has 2 aliphatic heterocycles. The maximum atomic E-state index is 13.2. The van der Waals surface area contributed by atoms with Crippen molar-refractivity contribution in [3.05, 3.63) is 60.2 Å². The van der Waals surface area contributed by atoms with Crippen LogP contribution in [0, 0.1) is 23.7 Å². The van der Waals surface area contributed by atoms with Crippen LogP contribution in [-0.2, 0) is 20.6 Å². The molecule has 7 atom stereocenters. The van der Waals surface area contributed by atoms with Crippen molar-refractivity contribution in [2.24, 2.45) is 23.7 Å². The number of ether oxygens (including phenoxy) is 4. The molecule has 212 valence electrons. The molecule has 0 radical (unpaired) electrons. The zero-order chi connectivity index (χ0) is 27.4. The highest BCUT2D eigenvalue weighted by Gasteiger charge is 2.56. The largest absolute Gasteiger partial charge is 0.497 e. The van der Waals surface area contributed by atoms with Crippen molar-refractivity contribution in [3.63, 3.8) is 0 Å². The summed E-state index contributed by atoms with van der Waals surface area (Å²) in [6, 6.07) is 17.3. The number of carbonyl (C=O) groups excluding carboxylic acids is 1. The monoisotopic (exact) mass is 556 g/mol. The average Bonchev–Trinajstić information content (AvgIpc) is 3.45. The topological polar surface area (TPSA) is 89.5 Å². The maximum absolute atomic E-state index is 13.2. The highest BCUT2D eigenvalue weighted by atomic mass is 32.2. The molecule has 1 saturated carbocycles. The molecular weight excluding hydrogens is 516 g/mol. The van der Waals surface area contributed by atoms with Crippen LogP contribution in [0.15, 0.2) is 59.5 Å². The van der Waals surface area contributed by atoms with E-state index in [1.165, 1.54) is 0 Å². The lowest BCUT2D eigenvalue weighted by Gasteiger charge is -2.31. The number of aliphatic hydroxyl groups is 1. The zero-order valence-electron chi connectivity index (χ0n) is 22.9. The van der Waals surface area contributed by atoms with E-state index >= 15 is 0 Å². The Morgan fingerprint density at radius 2 is 1.82 bits per heavy atom. The lowest BCUT2D eigenvalue weighted by molar-refractivity contribution is -0.169. The minimum absolute atomic E-state index is 0.161. The van der Waals surface area contributed by atoms with Crippen LogP contribution in [0.2, 0.25) is 0 Å². The number of benzene rings is 2. The van der Waals surface area contributed by atoms with Crippen LogP contribution in [0.5, 0.6) is 5.75 Å². The zero-order valence-corrected chi connectivity index (χ0v) is 23.7. The van der Waals surface area contributed by atoms with Gasteiger partial charge in [-0.05, 0) is 60.5 Å². The number of aliphatic hydroxyl groups excluding tert-OH is 1. The minimum Gasteiger partial charge on any atom is -0.497 e. The predicted octanol–water partition coefficient (Wildman–Crippen LogP) is 4.37. The minimum atomic E-state index is -0.812. The van der Waals surface area contributed by atoms with Gasteiger partial charge in [-0.15, -0.1) is 0 Å². The van der Waals surface area contributed by atoms with Crippen molar-refractivity contribution < 1.29 is 28.8 Å². The molecule has 8 nitrogen and oxygen atoms in total. The Morgan fingerprint density at radius 1 is 1.08 bits per heavy atom. The Bertz CT molecular complexity index is 1070. The van der Waals surface area contributed by atoms with Crippen molar-refractivity contribution in [3.8, 4) is 5.75 Å². The summed E-state index contributed by atoms with van der Waals surface area (Å²) in [6.07, 6.45) is -0.225. The van der Waals surface area contributed by atoms with Gasteiger partial charge in [0.15, 0.2) is 6.29 Å². The summed E-state index contributed by atoms with van der Waals surface area (Å²) in [5.74, 6) is 1.87. The molecule has 2 aromatic carbocycles. The second kappa shape index (κ2) is 12.9. The molecule has 9 heteroatoms. The first-order valence-corrected chi connectivity index (χ1v) is 14.7. The van der Waals surface area contributed by atoms with Crippen LogP contribution in [-0.4, -0.2) is 73.5 Å². The summed E-state index contributed by atoms with van der Waals surface area (Å²) >= 11 is 1.60. The number of fused-ring (bicyclic) bond motifs is 1. The normalized spacial score (nSPS) is 27.0. The number of hydrogen-bond acceptors (Lipinski definition) is 8. The van der Waals surface area contributed by atoms with Gasteiger partial charge in [0.2, 0.25) is 0 Å². The van der Waals surface area contributed by atoms with Gasteiger partial charge in [0.25, 0.3) is 0 Å². The van der Waals surface area contributed by atoms with Gasteiger partial charge >= 0.3 is 6.09 Å². The van der Waals surface area contributed by atoms with E-state index in [0.717, 1.165) is 29.2 Å². The first kappa shape index (κ1) is 28.2. The quantitative estimate of drug-likeness (QED) is 0.373. The Hall–Kier alpha value is -2.30. The molecule has 2 heterocycles. The molecule has 2 saturated heterocycles. The summed E-state index contributed by atoms with van der Waals surface area (Å²) < 4.78 is 25.0. The first-order chi connectivity index (χ1) is 18.9. The molecule has 1 aliphatic carbocycles. The summed E-state index contributed by atoms with van der Waals surface area (Å²) in [5, 5.41) is 14.5. The Kier molecular flexibility index (Phi) is 9.35. The Morgan fingerprint density at radius 3 is 2.54 bits per heavy atom. The smallest absolute Gasteiger partial charge is 0.407 e. The Labute approximate surface area is 235 Å². The summed E-state index contributed by atoms with van der Waals surface area (Å²) in [6.45, 7) is 6.59. The lowest BCUT2D eigenvalue weighted by Crippen LogP contribution is -2.50. The molecule has 2 N–H and O–H groups in total. The number of carbonyl (C=O) groups is 1. The van der Waals surface area contributed by atoms with Gasteiger partial charge in [-0.25, -0.2) is 9.10 Å². The van der Waals surface area contributed by atoms with E-state index in [1.807, 2.05) is 54.6 Å². The van der Waals surface area contributed by atoms with Crippen molar-refractivity contribution >= 4 is 18.0 Å². The van der Waals surface area contributed by atoms with Gasteiger partial charge in [-0.1, -0.05) is 44.2 Å². The van der Waals surface area contributed by atoms with E-state index < -0.39 is 18.2 Å². The average molecular weight is 557 g/mol. The second-order valence-corrected chi connectivity index (χ2v) is 12.4. The molecule has 0 spiro atoms. The van der Waals surface area contributed by atoms with Crippen LogP contribution in [0.25, 0.3) is 0 Å². The predicted molar refractivity (Wildman–Crippen MR) is 149 cm³/mol. The number of alkyl carbamates (subject to hydrolysis) is 1. The summed E-state index contributed by atoms with van der Waals surface area (Å²) in [4.78, 5) is 14.3. The van der Waals surface area contributed by atoms with Gasteiger partial charge < -0.3 is 29.4 Å². The van der Waals surface area contributed by atoms with Gasteiger partial charge in [-0.2, -0.15) is 0 Å². The number of rotatable bonds is 12. The fourth-order valence-electron chi connectivity index (χ4n) is 5.99. The van der Waals surface area contributed by atoms with E-state index in [1.54, 1.807) is 19.1 Å². The fraction of sp³-hybridized carbons (Fsp3) is 0.567. The summed E-state index contributed by atoms with van der Waals surface area (Å²) in [5.41, 5.74) is 1.04. The van der Waals surface area contributed by atoms with Gasteiger partial charge in [0.05, 0.1) is 32.5 Å². The number of nitrogens with zero attached hydrogens (tertiary/aromatic N) is 1. The van der Waals surface area contributed by atoms with Crippen molar-refractivity contribution in [2.75, 3.05) is 33.4 Å². The highest BCUT2D eigenvalue weighted by Crippen LogP contribution is 2.49. The van der Waals surface area contributed by atoms with Crippen LogP contribution < -0.4 is 10.1 Å². The first-order valence-electron chi connectivity index (χ1n) is 13.9. The molecule has 5 rings (SSSR count). The lowest BCUT2D eigenvalue weighted by atomic mass is 9.98. The third-order valence-corrected chi connectivity index (χ3v) is 8.89. The second-order valence-electron chi connectivity index (χ2n) is 11.2. The van der Waals surface area contributed by atoms with Gasteiger partial charge in [-0.3, -0.25) is 0 Å². The molecule has 3 fully saturated rings. The molecule has 2 bridgehead atoms. The van der Waals surface area contributed by atoms with Crippen molar-refractivity contribution in [1.82, 2.24) is 9.62 Å². The van der Waals surface area contributed by atoms with Gasteiger partial charge in [0.1, 0.15) is 11.9 Å². The SMILES string of the molecule is COc1ccc(SN(CC(C)C)C[C@@H](O)C(Cc2ccccc2)NC(=O)OC2C3COC4OCC2C4C3)cc1. The molecule has 3 aliphatic rings. The Balaban J connectivity index is 1.26. The van der Waals surface area contributed by atoms with Crippen LogP contribution in [0.1, 0.15) is 25.8 Å². The molecule has 2 aromatic rings. The van der Waals surface area contributed by atoms with E-state index in [0.29, 0.717) is 38.0 Å². The number of hydrogen-bond donors (Lipinski definition) is 2. The number of amides is 1. The summed E-state index contributed by atoms with van der Waals surface area (Å²) in [7, 11) is 1.65. The molecule has 0 aromatic heterocycles. The highest BCUT2D eigenvalue weighted by molar-refractivity contribution is 7.97. The van der Waals surface area contributed by atoms with Crippen LogP contribution in [0.4, 0.5) is 4.79 Å². The third-order valence-electron chi connectivity index (χ3n) is 7.85. The van der Waals surface area contributed by atoms with E-state index in [9.17, 15) is 9.90 Å². The molecule has 1 amide bonds. The van der Waals surface area contributed by atoms with Crippen molar-refractivity contribution in [2.45, 2.75) is 56.1 Å². The van der Waals surface area contributed by atoms with E-state index in [4.69, 9.17) is 18.9 Å².